The van der Waals surface area contributed by atoms with Crippen LogP contribution in [0, 0.1) is 6.92 Å². The first kappa shape index (κ1) is 11.2. The van der Waals surface area contributed by atoms with E-state index in [2.05, 4.69) is 34.6 Å². The minimum Gasteiger partial charge on any atom is -0.333 e. The van der Waals surface area contributed by atoms with Crippen molar-refractivity contribution in [3.05, 3.63) is 17.7 Å². The van der Waals surface area contributed by atoms with Gasteiger partial charge in [0.05, 0.1) is 5.69 Å². The average molecular weight is 195 g/mol. The highest BCUT2D eigenvalue weighted by atomic mass is 15.2. The first-order valence-electron chi connectivity index (χ1n) is 5.47. The number of hydrogen-bond donors (Lipinski definition) is 0. The second-order valence-electron chi connectivity index (χ2n) is 3.55. The van der Waals surface area contributed by atoms with E-state index in [0.29, 0.717) is 0 Å². The molecular weight excluding hydrogens is 174 g/mol. The van der Waals surface area contributed by atoms with Crippen molar-refractivity contribution < 1.29 is 0 Å². The number of rotatable bonds is 0. The lowest BCUT2D eigenvalue weighted by molar-refractivity contribution is 0.341. The molecule has 2 rings (SSSR count). The topological polar surface area (TPSA) is 21.1 Å². The lowest BCUT2D eigenvalue weighted by Crippen LogP contribution is -2.21. The average Bonchev–Trinajstić information content (AvgIpc) is 2.47. The Kier molecular flexibility index (Phi) is 4.14. The standard InChI is InChI=1S/C9H15N3.C2H6/c1-8-7-12-6-5-11(2)4-3-9(12)10-8;1-2/h7H,3-6H2,1-2H3;1-2H3. The normalized spacial score (nSPS) is 16.6. The molecule has 0 saturated heterocycles. The van der Waals surface area contributed by atoms with Crippen molar-refractivity contribution in [3.63, 3.8) is 0 Å². The van der Waals surface area contributed by atoms with Crippen molar-refractivity contribution >= 4 is 0 Å². The molecule has 3 nitrogen and oxygen atoms in total. The predicted molar refractivity (Wildman–Crippen MR) is 59.5 cm³/mol. The van der Waals surface area contributed by atoms with E-state index in [-0.39, 0.29) is 0 Å². The summed E-state index contributed by atoms with van der Waals surface area (Å²) in [4.78, 5) is 6.83. The zero-order valence-corrected chi connectivity index (χ0v) is 9.75. The number of hydrogen-bond acceptors (Lipinski definition) is 2. The molecular formula is C11H21N3. The molecule has 1 aliphatic heterocycles. The highest BCUT2D eigenvalue weighted by Gasteiger charge is 2.11. The van der Waals surface area contributed by atoms with Gasteiger partial charge in [-0.05, 0) is 14.0 Å². The molecule has 0 aliphatic carbocycles. The van der Waals surface area contributed by atoms with Crippen LogP contribution in [0.4, 0.5) is 0 Å². The van der Waals surface area contributed by atoms with E-state index >= 15 is 0 Å². The Morgan fingerprint density at radius 2 is 1.93 bits per heavy atom. The zero-order chi connectivity index (χ0) is 10.6. The van der Waals surface area contributed by atoms with Crippen molar-refractivity contribution in [2.45, 2.75) is 33.7 Å². The van der Waals surface area contributed by atoms with Crippen LogP contribution < -0.4 is 0 Å². The van der Waals surface area contributed by atoms with Crippen molar-refractivity contribution in [2.75, 3.05) is 20.1 Å². The number of aryl methyl sites for hydroxylation is 1. The molecule has 0 saturated carbocycles. The van der Waals surface area contributed by atoms with Gasteiger partial charge in [-0.3, -0.25) is 0 Å². The quantitative estimate of drug-likeness (QED) is 0.628. The lowest BCUT2D eigenvalue weighted by Gasteiger charge is -2.10. The van der Waals surface area contributed by atoms with E-state index in [1.807, 2.05) is 13.8 Å². The van der Waals surface area contributed by atoms with Crippen LogP contribution in [0.3, 0.4) is 0 Å². The third-order valence-electron chi connectivity index (χ3n) is 2.42. The van der Waals surface area contributed by atoms with Gasteiger partial charge in [0.25, 0.3) is 0 Å². The third kappa shape index (κ3) is 2.58. The zero-order valence-electron chi connectivity index (χ0n) is 9.75. The Morgan fingerprint density at radius 1 is 1.21 bits per heavy atom. The van der Waals surface area contributed by atoms with E-state index in [1.165, 1.54) is 5.82 Å². The molecule has 0 atom stereocenters. The van der Waals surface area contributed by atoms with Crippen molar-refractivity contribution in [2.24, 2.45) is 0 Å². The van der Waals surface area contributed by atoms with Crippen LogP contribution >= 0.6 is 0 Å². The van der Waals surface area contributed by atoms with Crippen molar-refractivity contribution in [3.8, 4) is 0 Å². The molecule has 0 unspecified atom stereocenters. The van der Waals surface area contributed by atoms with E-state index in [1.54, 1.807) is 0 Å². The molecule has 0 N–H and O–H groups in total. The molecule has 80 valence electrons. The Labute approximate surface area is 86.7 Å². The summed E-state index contributed by atoms with van der Waals surface area (Å²) in [5.41, 5.74) is 1.15. The van der Waals surface area contributed by atoms with Crippen LogP contribution in [-0.2, 0) is 13.0 Å². The van der Waals surface area contributed by atoms with Gasteiger partial charge < -0.3 is 9.47 Å². The summed E-state index contributed by atoms with van der Waals surface area (Å²) in [5, 5.41) is 0. The van der Waals surface area contributed by atoms with Gasteiger partial charge in [0.15, 0.2) is 0 Å². The molecule has 2 heterocycles. The van der Waals surface area contributed by atoms with Gasteiger partial charge in [0.2, 0.25) is 0 Å². The highest BCUT2D eigenvalue weighted by Crippen LogP contribution is 2.07. The summed E-state index contributed by atoms with van der Waals surface area (Å²) >= 11 is 0. The maximum Gasteiger partial charge on any atom is 0.110 e. The number of nitrogens with zero attached hydrogens (tertiary/aromatic N) is 3. The molecule has 0 spiro atoms. The monoisotopic (exact) mass is 195 g/mol. The van der Waals surface area contributed by atoms with E-state index in [0.717, 1.165) is 31.7 Å². The van der Waals surface area contributed by atoms with E-state index in [9.17, 15) is 0 Å². The van der Waals surface area contributed by atoms with Crippen molar-refractivity contribution in [1.82, 2.24) is 14.5 Å². The van der Waals surface area contributed by atoms with Crippen molar-refractivity contribution in [1.29, 1.82) is 0 Å². The van der Waals surface area contributed by atoms with Crippen LogP contribution in [0.25, 0.3) is 0 Å². The molecule has 0 radical (unpaired) electrons. The molecule has 1 aliphatic rings. The predicted octanol–water partition coefficient (Wildman–Crippen LogP) is 1.71. The fourth-order valence-corrected chi connectivity index (χ4v) is 1.67. The molecule has 0 aromatic carbocycles. The van der Waals surface area contributed by atoms with Gasteiger partial charge in [-0.15, -0.1) is 0 Å². The number of fused-ring (bicyclic) bond motifs is 1. The van der Waals surface area contributed by atoms with Gasteiger partial charge in [-0.25, -0.2) is 4.98 Å². The summed E-state index contributed by atoms with van der Waals surface area (Å²) in [6, 6.07) is 0. The number of likely N-dealkylation sites (N-methyl/N-ethyl adjacent to an activating group) is 1. The van der Waals surface area contributed by atoms with E-state index in [4.69, 9.17) is 0 Å². The molecule has 3 heteroatoms. The van der Waals surface area contributed by atoms with Crippen LogP contribution in [0.5, 0.6) is 0 Å². The first-order valence-corrected chi connectivity index (χ1v) is 5.47. The fourth-order valence-electron chi connectivity index (χ4n) is 1.67. The number of aromatic nitrogens is 2. The molecule has 0 bridgehead atoms. The van der Waals surface area contributed by atoms with Crippen LogP contribution in [0.1, 0.15) is 25.4 Å². The maximum atomic E-state index is 4.48. The molecule has 14 heavy (non-hydrogen) atoms. The summed E-state index contributed by atoms with van der Waals surface area (Å²) < 4.78 is 2.28. The van der Waals surface area contributed by atoms with Gasteiger partial charge in [-0.1, -0.05) is 13.8 Å². The second-order valence-corrected chi connectivity index (χ2v) is 3.55. The highest BCUT2D eigenvalue weighted by molar-refractivity contribution is 5.03. The summed E-state index contributed by atoms with van der Waals surface area (Å²) in [7, 11) is 2.17. The minimum atomic E-state index is 1.09. The second kappa shape index (κ2) is 5.15. The fraction of sp³-hybridized carbons (Fsp3) is 0.727. The molecule has 0 amide bonds. The summed E-state index contributed by atoms with van der Waals surface area (Å²) in [5.74, 6) is 1.25. The Morgan fingerprint density at radius 3 is 2.64 bits per heavy atom. The van der Waals surface area contributed by atoms with Crippen LogP contribution in [0.2, 0.25) is 0 Å². The molecule has 1 aromatic rings. The SMILES string of the molecule is CC.Cc1cn2c(n1)CCN(C)CC2. The smallest absolute Gasteiger partial charge is 0.110 e. The molecule has 0 fully saturated rings. The minimum absolute atomic E-state index is 1.09. The van der Waals surface area contributed by atoms with E-state index < -0.39 is 0 Å². The van der Waals surface area contributed by atoms with Gasteiger partial charge >= 0.3 is 0 Å². The Bertz CT molecular complexity index is 253. The van der Waals surface area contributed by atoms with Crippen LogP contribution in [0.15, 0.2) is 6.20 Å². The Balaban J connectivity index is 0.000000461. The van der Waals surface area contributed by atoms with Crippen LogP contribution in [-0.4, -0.2) is 34.6 Å². The summed E-state index contributed by atoms with van der Waals surface area (Å²) in [6.45, 7) is 9.43. The lowest BCUT2D eigenvalue weighted by atomic mass is 10.4. The largest absolute Gasteiger partial charge is 0.333 e. The van der Waals surface area contributed by atoms with Gasteiger partial charge in [0, 0.05) is 32.3 Å². The van der Waals surface area contributed by atoms with Gasteiger partial charge in [0.1, 0.15) is 5.82 Å². The van der Waals surface area contributed by atoms with Gasteiger partial charge in [-0.2, -0.15) is 0 Å². The summed E-state index contributed by atoms with van der Waals surface area (Å²) in [6.07, 6.45) is 3.23. The molecule has 1 aromatic heterocycles. The number of imidazole rings is 1. The first-order chi connectivity index (χ1) is 6.75. The third-order valence-corrected chi connectivity index (χ3v) is 2.42. The Hall–Kier alpha value is -0.830. The maximum absolute atomic E-state index is 4.48.